The first-order valence-electron chi connectivity index (χ1n) is 7.14. The molecule has 3 aromatic rings. The van der Waals surface area contributed by atoms with Crippen LogP contribution in [0.5, 0.6) is 0 Å². The number of nitrogens with zero attached hydrogens (tertiary/aromatic N) is 3. The van der Waals surface area contributed by atoms with Gasteiger partial charge in [-0.1, -0.05) is 65.1 Å². The van der Waals surface area contributed by atoms with Crippen LogP contribution in [0.25, 0.3) is 5.69 Å². The molecule has 0 aliphatic heterocycles. The Bertz CT molecular complexity index is 990. The molecular weight excluding hydrogens is 414 g/mol. The van der Waals surface area contributed by atoms with E-state index in [9.17, 15) is 18.0 Å². The van der Waals surface area contributed by atoms with Crippen molar-refractivity contribution in [3.63, 3.8) is 0 Å². The van der Waals surface area contributed by atoms with Crippen LogP contribution in [0.2, 0.25) is 15.1 Å². The lowest BCUT2D eigenvalue weighted by Crippen LogP contribution is -2.26. The van der Waals surface area contributed by atoms with E-state index < -0.39 is 17.7 Å². The number of hydrogen-bond donors (Lipinski definition) is 0. The molecule has 0 spiro atoms. The molecule has 0 saturated heterocycles. The number of hydrogen-bond acceptors (Lipinski definition) is 2. The second kappa shape index (κ2) is 6.98. The summed E-state index contributed by atoms with van der Waals surface area (Å²) in [6.07, 6.45) is -4.82. The molecule has 26 heavy (non-hydrogen) atoms. The van der Waals surface area contributed by atoms with Crippen molar-refractivity contribution < 1.29 is 13.2 Å². The highest BCUT2D eigenvalue weighted by molar-refractivity contribution is 6.48. The largest absolute Gasteiger partial charge is 0.451 e. The van der Waals surface area contributed by atoms with Crippen molar-refractivity contribution in [1.29, 1.82) is 0 Å². The van der Waals surface area contributed by atoms with Crippen molar-refractivity contribution in [2.24, 2.45) is 0 Å². The molecule has 2 aromatic carbocycles. The van der Waals surface area contributed by atoms with Crippen molar-refractivity contribution in [1.82, 2.24) is 14.3 Å². The van der Waals surface area contributed by atoms with Crippen LogP contribution < -0.4 is 5.69 Å². The second-order valence-electron chi connectivity index (χ2n) is 5.31. The molecule has 0 amide bonds. The molecule has 1 aromatic heterocycles. The fourth-order valence-electron chi connectivity index (χ4n) is 2.35. The quantitative estimate of drug-likeness (QED) is 0.554. The molecule has 3 rings (SSSR count). The van der Waals surface area contributed by atoms with Crippen molar-refractivity contribution in [2.75, 3.05) is 0 Å². The smallest absolute Gasteiger partial charge is 0.266 e. The van der Waals surface area contributed by atoms with E-state index in [-0.39, 0.29) is 27.3 Å². The Morgan fingerprint density at radius 3 is 2.12 bits per heavy atom. The van der Waals surface area contributed by atoms with Gasteiger partial charge in [0.15, 0.2) is 0 Å². The SMILES string of the molecule is O=c1n(-c2cc(Cl)c(Cl)c(Cl)c2)nc(C(F)(F)F)n1Cc1ccccc1. The summed E-state index contributed by atoms with van der Waals surface area (Å²) in [6, 6.07) is 10.7. The Kier molecular flexibility index (Phi) is 5.05. The highest BCUT2D eigenvalue weighted by Gasteiger charge is 2.39. The zero-order chi connectivity index (χ0) is 19.1. The summed E-state index contributed by atoms with van der Waals surface area (Å²) < 4.78 is 41.3. The minimum absolute atomic E-state index is 0.00719. The first kappa shape index (κ1) is 18.8. The number of halogens is 6. The van der Waals surface area contributed by atoms with E-state index in [1.807, 2.05) is 0 Å². The topological polar surface area (TPSA) is 39.8 Å². The third-order valence-electron chi connectivity index (χ3n) is 3.51. The summed E-state index contributed by atoms with van der Waals surface area (Å²) in [6.45, 7) is -0.288. The molecule has 1 heterocycles. The maximum absolute atomic E-state index is 13.4. The van der Waals surface area contributed by atoms with E-state index in [2.05, 4.69) is 5.10 Å². The predicted octanol–water partition coefficient (Wildman–Crippen LogP) is 5.06. The lowest BCUT2D eigenvalue weighted by molar-refractivity contribution is -0.147. The van der Waals surface area contributed by atoms with E-state index >= 15 is 0 Å². The third kappa shape index (κ3) is 3.60. The Hall–Kier alpha value is -1.96. The molecule has 0 saturated carbocycles. The van der Waals surface area contributed by atoms with Gasteiger partial charge in [0, 0.05) is 0 Å². The summed E-state index contributed by atoms with van der Waals surface area (Å²) in [7, 11) is 0. The molecular formula is C16H9Cl3F3N3O. The summed E-state index contributed by atoms with van der Waals surface area (Å²) in [5.74, 6) is -1.33. The fourth-order valence-corrected chi connectivity index (χ4v) is 2.93. The zero-order valence-electron chi connectivity index (χ0n) is 12.8. The van der Waals surface area contributed by atoms with Gasteiger partial charge in [-0.2, -0.15) is 17.9 Å². The lowest BCUT2D eigenvalue weighted by Gasteiger charge is -2.07. The zero-order valence-corrected chi connectivity index (χ0v) is 15.0. The Morgan fingerprint density at radius 2 is 1.58 bits per heavy atom. The van der Waals surface area contributed by atoms with Crippen molar-refractivity contribution in [3.05, 3.63) is 79.4 Å². The van der Waals surface area contributed by atoms with Gasteiger partial charge in [-0.05, 0) is 17.7 Å². The van der Waals surface area contributed by atoms with Gasteiger partial charge in [0.1, 0.15) is 0 Å². The minimum Gasteiger partial charge on any atom is -0.266 e. The number of benzene rings is 2. The van der Waals surface area contributed by atoms with Crippen LogP contribution in [0, 0.1) is 0 Å². The van der Waals surface area contributed by atoms with Crippen LogP contribution in [0.4, 0.5) is 13.2 Å². The highest BCUT2D eigenvalue weighted by Crippen LogP contribution is 2.33. The molecule has 0 fully saturated rings. The van der Waals surface area contributed by atoms with Gasteiger partial charge in [-0.15, -0.1) is 5.10 Å². The van der Waals surface area contributed by atoms with Crippen LogP contribution in [0.15, 0.2) is 47.3 Å². The predicted molar refractivity (Wildman–Crippen MR) is 93.4 cm³/mol. The number of rotatable bonds is 3. The van der Waals surface area contributed by atoms with Gasteiger partial charge in [0.05, 0.1) is 27.3 Å². The molecule has 0 radical (unpaired) electrons. The Balaban J connectivity index is 2.18. The molecule has 0 atom stereocenters. The van der Waals surface area contributed by atoms with Crippen LogP contribution in [0.3, 0.4) is 0 Å². The summed E-state index contributed by atoms with van der Waals surface area (Å²) in [4.78, 5) is 12.6. The third-order valence-corrected chi connectivity index (χ3v) is 4.71. The van der Waals surface area contributed by atoms with Gasteiger partial charge in [0.25, 0.3) is 0 Å². The van der Waals surface area contributed by atoms with Crippen LogP contribution in [-0.4, -0.2) is 14.3 Å². The van der Waals surface area contributed by atoms with Gasteiger partial charge in [-0.25, -0.2) is 4.79 Å². The summed E-state index contributed by atoms with van der Waals surface area (Å²) in [5, 5.41) is 3.46. The van der Waals surface area contributed by atoms with Crippen LogP contribution in [-0.2, 0) is 12.7 Å². The minimum atomic E-state index is -4.82. The molecule has 4 nitrogen and oxygen atoms in total. The van der Waals surface area contributed by atoms with Gasteiger partial charge >= 0.3 is 11.9 Å². The van der Waals surface area contributed by atoms with Crippen molar-refractivity contribution in [3.8, 4) is 5.69 Å². The Morgan fingerprint density at radius 1 is 1.00 bits per heavy atom. The fraction of sp³-hybridized carbons (Fsp3) is 0.125. The lowest BCUT2D eigenvalue weighted by atomic mass is 10.2. The average molecular weight is 423 g/mol. The second-order valence-corrected chi connectivity index (χ2v) is 6.50. The van der Waals surface area contributed by atoms with Crippen molar-refractivity contribution >= 4 is 34.8 Å². The first-order chi connectivity index (χ1) is 12.2. The maximum Gasteiger partial charge on any atom is 0.451 e. The van der Waals surface area contributed by atoms with E-state index in [0.717, 1.165) is 0 Å². The van der Waals surface area contributed by atoms with E-state index in [1.54, 1.807) is 30.3 Å². The van der Waals surface area contributed by atoms with Crippen LogP contribution in [0.1, 0.15) is 11.4 Å². The molecule has 136 valence electrons. The standard InChI is InChI=1S/C16H9Cl3F3N3O/c17-11-6-10(7-12(18)13(11)19)25-15(26)24(14(23-25)16(20,21)22)8-9-4-2-1-3-5-9/h1-7H,8H2. The molecule has 0 unspecified atom stereocenters. The Labute approximate surface area is 160 Å². The van der Waals surface area contributed by atoms with Crippen molar-refractivity contribution in [2.45, 2.75) is 12.7 Å². The monoisotopic (exact) mass is 421 g/mol. The molecule has 0 aliphatic rings. The van der Waals surface area contributed by atoms with Gasteiger partial charge < -0.3 is 0 Å². The first-order valence-corrected chi connectivity index (χ1v) is 8.28. The van der Waals surface area contributed by atoms with Crippen LogP contribution >= 0.6 is 34.8 Å². The van der Waals surface area contributed by atoms with E-state index in [1.165, 1.54) is 12.1 Å². The van der Waals surface area contributed by atoms with E-state index in [4.69, 9.17) is 34.8 Å². The molecule has 0 N–H and O–H groups in total. The highest BCUT2D eigenvalue weighted by atomic mass is 35.5. The molecule has 0 bridgehead atoms. The average Bonchev–Trinajstić information content (AvgIpc) is 2.90. The molecule has 0 aliphatic carbocycles. The number of alkyl halides is 3. The van der Waals surface area contributed by atoms with E-state index in [0.29, 0.717) is 14.8 Å². The van der Waals surface area contributed by atoms with Gasteiger partial charge in [0.2, 0.25) is 5.82 Å². The molecule has 10 heteroatoms. The summed E-state index contributed by atoms with van der Waals surface area (Å²) in [5.41, 5.74) is -0.478. The maximum atomic E-state index is 13.4. The number of aromatic nitrogens is 3. The summed E-state index contributed by atoms with van der Waals surface area (Å²) >= 11 is 17.6. The normalized spacial score (nSPS) is 11.8. The van der Waals surface area contributed by atoms with Gasteiger partial charge in [-0.3, -0.25) is 4.57 Å².